The molecule has 0 N–H and O–H groups in total. The van der Waals surface area contributed by atoms with Crippen molar-refractivity contribution < 1.29 is 17.9 Å². The predicted octanol–water partition coefficient (Wildman–Crippen LogP) is 2.29. The van der Waals surface area contributed by atoms with Gasteiger partial charge in [0.05, 0.1) is 11.4 Å². The van der Waals surface area contributed by atoms with Crippen LogP contribution in [0.15, 0.2) is 47.4 Å². The topological polar surface area (TPSA) is 70.3 Å². The highest BCUT2D eigenvalue weighted by Gasteiger charge is 2.29. The number of pyridine rings is 1. The monoisotopic (exact) mass is 372 g/mol. The average Bonchev–Trinajstić information content (AvgIpc) is 3.01. The van der Waals surface area contributed by atoms with Crippen LogP contribution in [0.4, 0.5) is 5.82 Å². The number of sulfone groups is 1. The Bertz CT molecular complexity index is 950. The first-order chi connectivity index (χ1) is 12.3. The van der Waals surface area contributed by atoms with Crippen LogP contribution in [0.1, 0.15) is 24.1 Å². The maximum atomic E-state index is 12.2. The van der Waals surface area contributed by atoms with Crippen molar-refractivity contribution in [1.29, 1.82) is 0 Å². The molecule has 1 aliphatic rings. The summed E-state index contributed by atoms with van der Waals surface area (Å²) in [6.07, 6.45) is 5.04. The van der Waals surface area contributed by atoms with E-state index in [2.05, 4.69) is 4.98 Å². The molecular weight excluding hydrogens is 350 g/mol. The number of rotatable bonds is 5. The van der Waals surface area contributed by atoms with Gasteiger partial charge in [-0.05, 0) is 41.2 Å². The van der Waals surface area contributed by atoms with Gasteiger partial charge in [-0.25, -0.2) is 8.42 Å². The summed E-state index contributed by atoms with van der Waals surface area (Å²) in [5.41, 5.74) is 1.84. The first-order valence-corrected chi connectivity index (χ1v) is 10.4. The predicted molar refractivity (Wildman–Crippen MR) is 99.2 cm³/mol. The zero-order valence-corrected chi connectivity index (χ0v) is 15.7. The van der Waals surface area contributed by atoms with E-state index in [1.807, 2.05) is 36.0 Å². The first kappa shape index (κ1) is 18.3. The largest absolute Gasteiger partial charge is 0.346 e. The molecule has 1 aliphatic heterocycles. The fourth-order valence-corrected chi connectivity index (χ4v) is 3.53. The van der Waals surface area contributed by atoms with E-state index in [4.69, 9.17) is 0 Å². The van der Waals surface area contributed by atoms with E-state index in [1.54, 1.807) is 29.3 Å². The highest BCUT2D eigenvalue weighted by molar-refractivity contribution is 7.90. The number of aryl methyl sites for hydroxylation is 1. The lowest BCUT2D eigenvalue weighted by molar-refractivity contribution is -0.598. The molecule has 2 heterocycles. The number of benzene rings is 1. The van der Waals surface area contributed by atoms with Crippen LogP contribution >= 0.6 is 0 Å². The van der Waals surface area contributed by atoms with Crippen LogP contribution in [0.3, 0.4) is 0 Å². The average molecular weight is 372 g/mol. The third-order valence-corrected chi connectivity index (χ3v) is 5.40. The molecule has 0 radical (unpaired) electrons. The van der Waals surface area contributed by atoms with Gasteiger partial charge in [-0.2, -0.15) is 5.01 Å². The smallest absolute Gasteiger partial charge is 0.271 e. The molecule has 6 nitrogen and oxygen atoms in total. The van der Waals surface area contributed by atoms with Crippen molar-refractivity contribution in [2.24, 2.45) is 0 Å². The van der Waals surface area contributed by atoms with Crippen molar-refractivity contribution in [1.82, 2.24) is 9.99 Å². The van der Waals surface area contributed by atoms with Crippen LogP contribution in [0.25, 0.3) is 0 Å². The minimum atomic E-state index is -3.20. The number of hydrogen-bond donors (Lipinski definition) is 0. The standard InChI is InChI=1S/C19H22N3O3S/c1-15-5-3-6-18(20-15)21(22-13-4-7-19(22)23)14-12-16-8-10-17(11-9-16)26(2,24)25/h3,5-6,8-11,14H,4,7,12-13H2,1-2H3/q+1. The maximum absolute atomic E-state index is 12.2. The van der Waals surface area contributed by atoms with Crippen LogP contribution in [0.2, 0.25) is 0 Å². The molecule has 1 fully saturated rings. The van der Waals surface area contributed by atoms with Crippen molar-refractivity contribution >= 4 is 27.8 Å². The molecule has 1 amide bonds. The molecule has 0 saturated carbocycles. The van der Waals surface area contributed by atoms with E-state index in [9.17, 15) is 13.2 Å². The van der Waals surface area contributed by atoms with Crippen molar-refractivity contribution in [3.63, 3.8) is 0 Å². The second-order valence-electron chi connectivity index (χ2n) is 6.40. The van der Waals surface area contributed by atoms with Gasteiger partial charge in [0.2, 0.25) is 0 Å². The lowest BCUT2D eigenvalue weighted by Gasteiger charge is -2.15. The Morgan fingerprint density at radius 3 is 2.50 bits per heavy atom. The quantitative estimate of drug-likeness (QED) is 0.596. The molecule has 136 valence electrons. The van der Waals surface area contributed by atoms with Gasteiger partial charge >= 0.3 is 5.82 Å². The van der Waals surface area contributed by atoms with E-state index >= 15 is 0 Å². The van der Waals surface area contributed by atoms with Gasteiger partial charge in [-0.3, -0.25) is 4.79 Å². The normalized spacial score (nSPS) is 15.5. The van der Waals surface area contributed by atoms with Crippen LogP contribution < -0.4 is 0 Å². The van der Waals surface area contributed by atoms with E-state index in [0.717, 1.165) is 17.7 Å². The fourth-order valence-electron chi connectivity index (χ4n) is 2.90. The zero-order valence-electron chi connectivity index (χ0n) is 14.9. The van der Waals surface area contributed by atoms with Crippen molar-refractivity contribution in [2.45, 2.75) is 31.1 Å². The molecule has 1 aromatic carbocycles. The van der Waals surface area contributed by atoms with Gasteiger partial charge in [0.15, 0.2) is 9.84 Å². The second kappa shape index (κ2) is 7.37. The molecule has 0 spiro atoms. The van der Waals surface area contributed by atoms with Crippen molar-refractivity contribution in [3.05, 3.63) is 53.7 Å². The second-order valence-corrected chi connectivity index (χ2v) is 8.42. The third-order valence-electron chi connectivity index (χ3n) is 4.27. The van der Waals surface area contributed by atoms with Gasteiger partial charge in [-0.1, -0.05) is 12.1 Å². The number of hydrazine groups is 1. The minimum Gasteiger partial charge on any atom is -0.271 e. The van der Waals surface area contributed by atoms with Gasteiger partial charge in [0, 0.05) is 32.1 Å². The number of hydrogen-bond acceptors (Lipinski definition) is 4. The summed E-state index contributed by atoms with van der Waals surface area (Å²) in [6, 6.07) is 12.5. The van der Waals surface area contributed by atoms with E-state index in [0.29, 0.717) is 30.1 Å². The Morgan fingerprint density at radius 2 is 1.92 bits per heavy atom. The zero-order chi connectivity index (χ0) is 18.7. The van der Waals surface area contributed by atoms with Gasteiger partial charge in [0.25, 0.3) is 5.91 Å². The summed E-state index contributed by atoms with van der Waals surface area (Å²) < 4.78 is 24.9. The van der Waals surface area contributed by atoms with Crippen LogP contribution in [-0.4, -0.2) is 48.0 Å². The van der Waals surface area contributed by atoms with Gasteiger partial charge in [0.1, 0.15) is 11.9 Å². The molecule has 3 rings (SSSR count). The van der Waals surface area contributed by atoms with E-state index in [1.165, 1.54) is 6.26 Å². The summed E-state index contributed by atoms with van der Waals surface area (Å²) in [5, 5.41) is 1.71. The molecule has 1 aromatic heterocycles. The number of nitrogens with zero attached hydrogens (tertiary/aromatic N) is 3. The fraction of sp³-hybridized carbons (Fsp3) is 0.316. The highest BCUT2D eigenvalue weighted by Crippen LogP contribution is 2.18. The molecular formula is C19H22N3O3S+. The minimum absolute atomic E-state index is 0.0805. The lowest BCUT2D eigenvalue weighted by Crippen LogP contribution is -2.34. The molecule has 7 heteroatoms. The highest BCUT2D eigenvalue weighted by atomic mass is 32.2. The van der Waals surface area contributed by atoms with Crippen LogP contribution in [-0.2, 0) is 21.1 Å². The van der Waals surface area contributed by atoms with Crippen molar-refractivity contribution in [2.75, 3.05) is 12.8 Å². The molecule has 26 heavy (non-hydrogen) atoms. The number of hydrazone groups is 1. The molecule has 0 aliphatic carbocycles. The Balaban J connectivity index is 1.90. The SMILES string of the molecule is Cc1cccc([N+](=CCc2ccc(S(C)(=O)=O)cc2)N2CCCC2=O)n1. The number of amides is 1. The maximum Gasteiger partial charge on any atom is 0.346 e. The third kappa shape index (κ3) is 4.16. The van der Waals surface area contributed by atoms with Crippen molar-refractivity contribution in [3.8, 4) is 0 Å². The van der Waals surface area contributed by atoms with Gasteiger partial charge < -0.3 is 0 Å². The number of carbonyl (C=O) groups is 1. The molecule has 1 saturated heterocycles. The van der Waals surface area contributed by atoms with E-state index in [-0.39, 0.29) is 5.91 Å². The Kier molecular flexibility index (Phi) is 5.18. The van der Waals surface area contributed by atoms with E-state index < -0.39 is 9.84 Å². The summed E-state index contributed by atoms with van der Waals surface area (Å²) in [7, 11) is -3.20. The molecule has 0 unspecified atom stereocenters. The summed E-state index contributed by atoms with van der Waals surface area (Å²) in [4.78, 5) is 17.0. The van der Waals surface area contributed by atoms with Crippen LogP contribution in [0, 0.1) is 6.92 Å². The first-order valence-electron chi connectivity index (χ1n) is 8.50. The lowest BCUT2D eigenvalue weighted by atomic mass is 10.2. The summed E-state index contributed by atoms with van der Waals surface area (Å²) in [5.74, 6) is 0.782. The molecule has 0 atom stereocenters. The van der Waals surface area contributed by atoms with Gasteiger partial charge in [-0.15, -0.1) is 4.68 Å². The summed E-state index contributed by atoms with van der Waals surface area (Å²) >= 11 is 0. The van der Waals surface area contributed by atoms with Crippen LogP contribution in [0.5, 0.6) is 0 Å². The Morgan fingerprint density at radius 1 is 1.19 bits per heavy atom. The molecule has 2 aromatic rings. The number of carbonyl (C=O) groups excluding carboxylic acids is 1. The Hall–Kier alpha value is -2.54. The molecule has 0 bridgehead atoms. The number of aromatic nitrogens is 1. The summed E-state index contributed by atoms with van der Waals surface area (Å²) in [6.45, 7) is 2.58. The Labute approximate surface area is 153 Å².